The van der Waals surface area contributed by atoms with Crippen molar-refractivity contribution in [3.63, 3.8) is 0 Å². The van der Waals surface area contributed by atoms with Gasteiger partial charge in [-0.1, -0.05) is 31.2 Å². The first-order valence-electron chi connectivity index (χ1n) is 11.1. The molecular weight excluding hydrogens is 442 g/mol. The molecule has 2 aromatic rings. The first-order chi connectivity index (χ1) is 15.8. The van der Waals surface area contributed by atoms with Crippen LogP contribution in [0.15, 0.2) is 48.5 Å². The van der Waals surface area contributed by atoms with Gasteiger partial charge in [-0.15, -0.1) is 0 Å². The number of nitrogens with one attached hydrogen (secondary N) is 1. The lowest BCUT2D eigenvalue weighted by Crippen LogP contribution is -2.40. The summed E-state index contributed by atoms with van der Waals surface area (Å²) in [5, 5.41) is 2.79. The summed E-state index contributed by atoms with van der Waals surface area (Å²) in [4.78, 5) is 26.3. The van der Waals surface area contributed by atoms with E-state index >= 15 is 0 Å². The van der Waals surface area contributed by atoms with E-state index < -0.39 is 15.9 Å². The van der Waals surface area contributed by atoms with Gasteiger partial charge in [-0.25, -0.2) is 8.42 Å². The Balaban J connectivity index is 1.59. The average Bonchev–Trinajstić information content (AvgIpc) is 3.19. The summed E-state index contributed by atoms with van der Waals surface area (Å²) in [5.41, 5.74) is 2.28. The van der Waals surface area contributed by atoms with Gasteiger partial charge in [0.15, 0.2) is 0 Å². The number of benzene rings is 2. The fourth-order valence-corrected chi connectivity index (χ4v) is 4.50. The lowest BCUT2D eigenvalue weighted by molar-refractivity contribution is -0.128. The summed E-state index contributed by atoms with van der Waals surface area (Å²) in [6.07, 6.45) is 3.43. The lowest BCUT2D eigenvalue weighted by Gasteiger charge is -2.22. The number of hydrogen-bond donors (Lipinski definition) is 1. The molecule has 1 aliphatic heterocycles. The van der Waals surface area contributed by atoms with Crippen LogP contribution in [-0.4, -0.2) is 51.1 Å². The minimum Gasteiger partial charge on any atom is -0.494 e. The molecule has 0 radical (unpaired) electrons. The monoisotopic (exact) mass is 473 g/mol. The number of sulfonamides is 1. The molecule has 0 spiro atoms. The minimum absolute atomic E-state index is 0.166. The molecule has 0 bridgehead atoms. The van der Waals surface area contributed by atoms with Crippen LogP contribution in [0.1, 0.15) is 37.3 Å². The number of nitrogens with zero attached hydrogens (tertiary/aromatic N) is 2. The first-order valence-corrected chi connectivity index (χ1v) is 12.9. The normalized spacial score (nSPS) is 13.8. The van der Waals surface area contributed by atoms with E-state index in [9.17, 15) is 18.0 Å². The third kappa shape index (κ3) is 7.21. The van der Waals surface area contributed by atoms with Crippen molar-refractivity contribution < 1.29 is 22.7 Å². The molecule has 2 amide bonds. The van der Waals surface area contributed by atoms with E-state index in [1.807, 2.05) is 36.1 Å². The van der Waals surface area contributed by atoms with Crippen LogP contribution in [0.5, 0.6) is 5.75 Å². The standard InChI is InChI=1S/C24H31N3O5S/c1-3-14-32-22-11-9-21(10-12-22)27(33(2,30)31)18-23(28)25-16-19-6-4-7-20(15-19)17-26-13-5-8-24(26)29/h4,6-7,9-12,15H,3,5,8,13-14,16-18H2,1-2H3,(H,25,28). The molecule has 0 atom stereocenters. The molecule has 1 aliphatic rings. The van der Waals surface area contributed by atoms with E-state index in [-0.39, 0.29) is 19.0 Å². The van der Waals surface area contributed by atoms with Crippen molar-refractivity contribution in [1.82, 2.24) is 10.2 Å². The molecule has 1 saturated heterocycles. The van der Waals surface area contributed by atoms with E-state index in [0.717, 1.165) is 41.1 Å². The van der Waals surface area contributed by atoms with Gasteiger partial charge in [-0.05, 0) is 48.2 Å². The Morgan fingerprint density at radius 2 is 1.88 bits per heavy atom. The maximum atomic E-state index is 12.6. The van der Waals surface area contributed by atoms with E-state index in [4.69, 9.17) is 4.74 Å². The van der Waals surface area contributed by atoms with Crippen molar-refractivity contribution in [2.75, 3.05) is 30.3 Å². The molecule has 0 aliphatic carbocycles. The van der Waals surface area contributed by atoms with Gasteiger partial charge in [0, 0.05) is 26.1 Å². The van der Waals surface area contributed by atoms with Gasteiger partial charge in [0.1, 0.15) is 12.3 Å². The third-order valence-corrected chi connectivity index (χ3v) is 6.45. The van der Waals surface area contributed by atoms with Crippen molar-refractivity contribution in [3.05, 3.63) is 59.7 Å². The molecule has 0 aromatic heterocycles. The maximum Gasteiger partial charge on any atom is 0.241 e. The predicted molar refractivity (Wildman–Crippen MR) is 127 cm³/mol. The summed E-state index contributed by atoms with van der Waals surface area (Å²) in [5.74, 6) is 0.403. The number of anilines is 1. The molecule has 178 valence electrons. The van der Waals surface area contributed by atoms with Gasteiger partial charge in [0.05, 0.1) is 18.6 Å². The Labute approximate surface area is 195 Å². The number of carbonyl (C=O) groups excluding carboxylic acids is 2. The maximum absolute atomic E-state index is 12.6. The Morgan fingerprint density at radius 1 is 1.15 bits per heavy atom. The SMILES string of the molecule is CCCOc1ccc(N(CC(=O)NCc2cccc(CN3CCCC3=O)c2)S(C)(=O)=O)cc1. The number of likely N-dealkylation sites (tertiary alicyclic amines) is 1. The van der Waals surface area contributed by atoms with Gasteiger partial charge in [-0.3, -0.25) is 13.9 Å². The van der Waals surface area contributed by atoms with Crippen molar-refractivity contribution in [3.8, 4) is 5.75 Å². The van der Waals surface area contributed by atoms with Crippen LogP contribution in [0.2, 0.25) is 0 Å². The van der Waals surface area contributed by atoms with Crippen LogP contribution in [0.25, 0.3) is 0 Å². The van der Waals surface area contributed by atoms with E-state index in [1.165, 1.54) is 0 Å². The molecule has 2 aromatic carbocycles. The van der Waals surface area contributed by atoms with E-state index in [0.29, 0.717) is 31.0 Å². The summed E-state index contributed by atoms with van der Waals surface area (Å²) in [6.45, 7) is 3.85. The second kappa shape index (κ2) is 11.2. The summed E-state index contributed by atoms with van der Waals surface area (Å²) >= 11 is 0. The van der Waals surface area contributed by atoms with Gasteiger partial charge < -0.3 is 15.0 Å². The molecule has 1 N–H and O–H groups in total. The van der Waals surface area contributed by atoms with Crippen LogP contribution in [0.3, 0.4) is 0 Å². The molecule has 1 heterocycles. The van der Waals surface area contributed by atoms with Gasteiger partial charge in [0.25, 0.3) is 0 Å². The second-order valence-corrected chi connectivity index (χ2v) is 10.0. The van der Waals surface area contributed by atoms with Crippen LogP contribution in [0.4, 0.5) is 5.69 Å². The Hall–Kier alpha value is -3.07. The molecule has 9 heteroatoms. The Bertz CT molecular complexity index is 1070. The number of amides is 2. The van der Waals surface area contributed by atoms with Gasteiger partial charge in [0.2, 0.25) is 21.8 Å². The van der Waals surface area contributed by atoms with Crippen molar-refractivity contribution in [1.29, 1.82) is 0 Å². The van der Waals surface area contributed by atoms with Crippen LogP contribution < -0.4 is 14.4 Å². The molecule has 1 fully saturated rings. The molecule has 0 saturated carbocycles. The quantitative estimate of drug-likeness (QED) is 0.541. The predicted octanol–water partition coefficient (Wildman–Crippen LogP) is 2.68. The Morgan fingerprint density at radius 3 is 2.52 bits per heavy atom. The van der Waals surface area contributed by atoms with Crippen LogP contribution in [-0.2, 0) is 32.7 Å². The van der Waals surface area contributed by atoms with Gasteiger partial charge >= 0.3 is 0 Å². The molecule has 33 heavy (non-hydrogen) atoms. The summed E-state index contributed by atoms with van der Waals surface area (Å²) in [6, 6.07) is 14.3. The van der Waals surface area contributed by atoms with Crippen molar-refractivity contribution >= 4 is 27.5 Å². The van der Waals surface area contributed by atoms with E-state index in [2.05, 4.69) is 5.32 Å². The summed E-state index contributed by atoms with van der Waals surface area (Å²) < 4.78 is 31.2. The fourth-order valence-electron chi connectivity index (χ4n) is 3.65. The first kappa shape index (κ1) is 24.6. The summed E-state index contributed by atoms with van der Waals surface area (Å²) in [7, 11) is -3.66. The van der Waals surface area contributed by atoms with Crippen LogP contribution in [0, 0.1) is 0 Å². The van der Waals surface area contributed by atoms with Crippen molar-refractivity contribution in [2.24, 2.45) is 0 Å². The highest BCUT2D eigenvalue weighted by Crippen LogP contribution is 2.22. The highest BCUT2D eigenvalue weighted by Gasteiger charge is 2.22. The molecule has 3 rings (SSSR count). The smallest absolute Gasteiger partial charge is 0.241 e. The zero-order chi connectivity index (χ0) is 23.8. The Kier molecular flexibility index (Phi) is 8.32. The fraction of sp³-hybridized carbons (Fsp3) is 0.417. The molecule has 0 unspecified atom stereocenters. The molecular formula is C24H31N3O5S. The zero-order valence-electron chi connectivity index (χ0n) is 19.1. The number of hydrogen-bond acceptors (Lipinski definition) is 5. The average molecular weight is 474 g/mol. The topological polar surface area (TPSA) is 96.0 Å². The largest absolute Gasteiger partial charge is 0.494 e. The second-order valence-electron chi connectivity index (χ2n) is 8.13. The van der Waals surface area contributed by atoms with Crippen LogP contribution >= 0.6 is 0 Å². The van der Waals surface area contributed by atoms with Crippen molar-refractivity contribution in [2.45, 2.75) is 39.3 Å². The molecule has 8 nitrogen and oxygen atoms in total. The minimum atomic E-state index is -3.66. The zero-order valence-corrected chi connectivity index (χ0v) is 19.9. The highest BCUT2D eigenvalue weighted by atomic mass is 32.2. The number of rotatable bonds is 11. The van der Waals surface area contributed by atoms with E-state index in [1.54, 1.807) is 24.3 Å². The number of carbonyl (C=O) groups is 2. The number of ether oxygens (including phenoxy) is 1. The third-order valence-electron chi connectivity index (χ3n) is 5.31. The highest BCUT2D eigenvalue weighted by molar-refractivity contribution is 7.92. The van der Waals surface area contributed by atoms with Gasteiger partial charge in [-0.2, -0.15) is 0 Å². The lowest BCUT2D eigenvalue weighted by atomic mass is 10.1.